The van der Waals surface area contributed by atoms with Crippen molar-refractivity contribution in [1.82, 2.24) is 0 Å². The van der Waals surface area contributed by atoms with E-state index in [1.807, 2.05) is 13.8 Å². The number of hydrogen-bond acceptors (Lipinski definition) is 3. The molecule has 0 fully saturated rings. The molecule has 1 rings (SSSR count). The van der Waals surface area contributed by atoms with Crippen LogP contribution >= 0.6 is 0 Å². The number of rotatable bonds is 5. The predicted molar refractivity (Wildman–Crippen MR) is 62.8 cm³/mol. The van der Waals surface area contributed by atoms with E-state index >= 15 is 0 Å². The van der Waals surface area contributed by atoms with Crippen molar-refractivity contribution in [1.29, 1.82) is 0 Å². The van der Waals surface area contributed by atoms with Crippen LogP contribution in [0.2, 0.25) is 0 Å². The van der Waals surface area contributed by atoms with Gasteiger partial charge in [0.15, 0.2) is 0 Å². The summed E-state index contributed by atoms with van der Waals surface area (Å²) in [6.45, 7) is 3.24. The van der Waals surface area contributed by atoms with E-state index in [2.05, 4.69) is 0 Å². The van der Waals surface area contributed by atoms with Gasteiger partial charge in [0.05, 0.1) is 19.1 Å². The number of ether oxygens (including phenoxy) is 2. The Morgan fingerprint density at radius 1 is 1.17 bits per heavy atom. The number of alkyl halides is 3. The molecule has 1 aromatic carbocycles. The van der Waals surface area contributed by atoms with Gasteiger partial charge in [0.2, 0.25) is 0 Å². The van der Waals surface area contributed by atoms with Crippen LogP contribution in [0.3, 0.4) is 0 Å². The molecular weight excluding hydrogens is 247 g/mol. The first-order valence-electron chi connectivity index (χ1n) is 5.53. The van der Waals surface area contributed by atoms with Crippen LogP contribution in [0.15, 0.2) is 18.2 Å². The summed E-state index contributed by atoms with van der Waals surface area (Å²) < 4.78 is 46.3. The largest absolute Gasteiger partial charge is 0.493 e. The van der Waals surface area contributed by atoms with E-state index in [0.29, 0.717) is 11.4 Å². The molecule has 0 radical (unpaired) electrons. The first kappa shape index (κ1) is 14.5. The third-order valence-corrected chi connectivity index (χ3v) is 1.93. The summed E-state index contributed by atoms with van der Waals surface area (Å²) in [7, 11) is 0. The van der Waals surface area contributed by atoms with Crippen LogP contribution in [0.4, 0.5) is 18.9 Å². The quantitative estimate of drug-likeness (QED) is 0.828. The Kier molecular flexibility index (Phi) is 4.69. The van der Waals surface area contributed by atoms with Crippen LogP contribution < -0.4 is 15.2 Å². The van der Waals surface area contributed by atoms with Gasteiger partial charge >= 0.3 is 6.18 Å². The van der Waals surface area contributed by atoms with E-state index in [1.54, 1.807) is 6.07 Å². The number of nitrogens with two attached hydrogens (primary N) is 1. The Labute approximate surface area is 104 Å². The lowest BCUT2D eigenvalue weighted by Gasteiger charge is -2.13. The van der Waals surface area contributed by atoms with Crippen molar-refractivity contribution >= 4 is 5.69 Å². The Hall–Kier alpha value is -1.59. The fourth-order valence-electron chi connectivity index (χ4n) is 1.30. The standard InChI is InChI=1S/C12H16F3NO2/c1-8(2)18-11-6-9(16)5-10(7-11)17-4-3-12(13,14)15/h5-8H,3-4,16H2,1-2H3. The summed E-state index contributed by atoms with van der Waals surface area (Å²) in [5, 5.41) is 0. The molecule has 1 aromatic rings. The van der Waals surface area contributed by atoms with Crippen LogP contribution in [-0.4, -0.2) is 18.9 Å². The number of benzene rings is 1. The fourth-order valence-corrected chi connectivity index (χ4v) is 1.30. The molecule has 3 nitrogen and oxygen atoms in total. The lowest BCUT2D eigenvalue weighted by Crippen LogP contribution is -2.13. The minimum Gasteiger partial charge on any atom is -0.493 e. The SMILES string of the molecule is CC(C)Oc1cc(N)cc(OCCC(F)(F)F)c1. The Balaban J connectivity index is 2.62. The maximum Gasteiger partial charge on any atom is 0.392 e. The van der Waals surface area contributed by atoms with Crippen LogP contribution in [-0.2, 0) is 0 Å². The van der Waals surface area contributed by atoms with Crippen LogP contribution in [0.1, 0.15) is 20.3 Å². The first-order valence-corrected chi connectivity index (χ1v) is 5.53. The molecule has 6 heteroatoms. The zero-order valence-corrected chi connectivity index (χ0v) is 10.3. The molecule has 0 unspecified atom stereocenters. The van der Waals surface area contributed by atoms with Crippen LogP contribution in [0, 0.1) is 0 Å². The zero-order valence-electron chi connectivity index (χ0n) is 10.3. The van der Waals surface area contributed by atoms with Crippen molar-refractivity contribution in [3.63, 3.8) is 0 Å². The summed E-state index contributed by atoms with van der Waals surface area (Å²) in [5.74, 6) is 0.752. The highest BCUT2D eigenvalue weighted by Crippen LogP contribution is 2.26. The number of nitrogen functional groups attached to an aromatic ring is 1. The first-order chi connectivity index (χ1) is 8.26. The smallest absolute Gasteiger partial charge is 0.392 e. The third kappa shape index (κ3) is 5.65. The zero-order chi connectivity index (χ0) is 13.8. The van der Waals surface area contributed by atoms with E-state index in [9.17, 15) is 13.2 Å². The summed E-state index contributed by atoms with van der Waals surface area (Å²) in [5.41, 5.74) is 5.99. The molecule has 0 atom stereocenters. The molecule has 0 aliphatic carbocycles. The minimum atomic E-state index is -4.22. The second-order valence-corrected chi connectivity index (χ2v) is 4.12. The van der Waals surface area contributed by atoms with Crippen LogP contribution in [0.25, 0.3) is 0 Å². The molecule has 0 bridgehead atoms. The van der Waals surface area contributed by atoms with Gasteiger partial charge in [-0.05, 0) is 13.8 Å². The number of halogens is 3. The van der Waals surface area contributed by atoms with E-state index in [1.165, 1.54) is 12.1 Å². The van der Waals surface area contributed by atoms with Crippen molar-refractivity contribution in [2.45, 2.75) is 32.5 Å². The lowest BCUT2D eigenvalue weighted by molar-refractivity contribution is -0.139. The monoisotopic (exact) mass is 263 g/mol. The lowest BCUT2D eigenvalue weighted by atomic mass is 10.3. The Bertz CT molecular complexity index is 391. The van der Waals surface area contributed by atoms with E-state index < -0.39 is 19.2 Å². The third-order valence-electron chi connectivity index (χ3n) is 1.93. The highest BCUT2D eigenvalue weighted by atomic mass is 19.4. The summed E-state index contributed by atoms with van der Waals surface area (Å²) in [4.78, 5) is 0. The van der Waals surface area contributed by atoms with Gasteiger partial charge in [0.25, 0.3) is 0 Å². The normalized spacial score (nSPS) is 11.7. The summed E-state index contributed by atoms with van der Waals surface area (Å²) >= 11 is 0. The highest BCUT2D eigenvalue weighted by molar-refractivity contribution is 5.50. The highest BCUT2D eigenvalue weighted by Gasteiger charge is 2.26. The predicted octanol–water partition coefficient (Wildman–Crippen LogP) is 3.39. The fraction of sp³-hybridized carbons (Fsp3) is 0.500. The molecule has 102 valence electrons. The molecule has 0 saturated heterocycles. The number of hydrogen-bond donors (Lipinski definition) is 1. The van der Waals surface area contributed by atoms with Crippen molar-refractivity contribution in [2.75, 3.05) is 12.3 Å². The van der Waals surface area contributed by atoms with E-state index in [0.717, 1.165) is 0 Å². The van der Waals surface area contributed by atoms with E-state index in [4.69, 9.17) is 15.2 Å². The molecule has 0 amide bonds. The van der Waals surface area contributed by atoms with Gasteiger partial charge < -0.3 is 15.2 Å². The van der Waals surface area contributed by atoms with Crippen molar-refractivity contribution in [2.24, 2.45) is 0 Å². The van der Waals surface area contributed by atoms with E-state index in [-0.39, 0.29) is 11.9 Å². The summed E-state index contributed by atoms with van der Waals surface area (Å²) in [6, 6.07) is 4.58. The maximum absolute atomic E-state index is 12.0. The Morgan fingerprint density at radius 2 is 1.78 bits per heavy atom. The molecule has 0 aliphatic rings. The second-order valence-electron chi connectivity index (χ2n) is 4.12. The molecule has 0 heterocycles. The average molecular weight is 263 g/mol. The van der Waals surface area contributed by atoms with Gasteiger partial charge in [0.1, 0.15) is 11.5 Å². The van der Waals surface area contributed by atoms with Crippen LogP contribution in [0.5, 0.6) is 11.5 Å². The minimum absolute atomic E-state index is 0.0465. The van der Waals surface area contributed by atoms with Gasteiger partial charge in [-0.2, -0.15) is 13.2 Å². The average Bonchev–Trinajstić information content (AvgIpc) is 2.12. The Morgan fingerprint density at radius 3 is 2.33 bits per heavy atom. The van der Waals surface area contributed by atoms with Gasteiger partial charge in [-0.3, -0.25) is 0 Å². The molecular formula is C12H16F3NO2. The van der Waals surface area contributed by atoms with Gasteiger partial charge in [-0.15, -0.1) is 0 Å². The van der Waals surface area contributed by atoms with Gasteiger partial charge in [-0.1, -0.05) is 0 Å². The maximum atomic E-state index is 12.0. The topological polar surface area (TPSA) is 44.5 Å². The number of anilines is 1. The molecule has 18 heavy (non-hydrogen) atoms. The molecule has 2 N–H and O–H groups in total. The molecule has 0 aromatic heterocycles. The molecule has 0 spiro atoms. The molecule has 0 aliphatic heterocycles. The van der Waals surface area contributed by atoms with Crippen molar-refractivity contribution in [3.05, 3.63) is 18.2 Å². The van der Waals surface area contributed by atoms with Crippen molar-refractivity contribution in [3.8, 4) is 11.5 Å². The summed E-state index contributed by atoms with van der Waals surface area (Å²) in [6.07, 6.45) is -5.27. The molecule has 0 saturated carbocycles. The second kappa shape index (κ2) is 5.84. The van der Waals surface area contributed by atoms with Gasteiger partial charge in [-0.25, -0.2) is 0 Å². The van der Waals surface area contributed by atoms with Crippen molar-refractivity contribution < 1.29 is 22.6 Å². The van der Waals surface area contributed by atoms with Gasteiger partial charge in [0, 0.05) is 23.9 Å².